The molecule has 8 heteroatoms. The van der Waals surface area contributed by atoms with Crippen molar-refractivity contribution in [3.8, 4) is 0 Å². The molecule has 2 unspecified atom stereocenters. The lowest BCUT2D eigenvalue weighted by Crippen LogP contribution is -2.50. The molecular formula is C16H25N3O4S. The van der Waals surface area contributed by atoms with Gasteiger partial charge in [0.05, 0.1) is 11.5 Å². The summed E-state index contributed by atoms with van der Waals surface area (Å²) >= 11 is 0. The Balaban J connectivity index is 2.07. The molecule has 3 N–H and O–H groups in total. The van der Waals surface area contributed by atoms with Crippen molar-refractivity contribution in [3.05, 3.63) is 29.8 Å². The van der Waals surface area contributed by atoms with E-state index in [9.17, 15) is 13.2 Å². The van der Waals surface area contributed by atoms with Crippen LogP contribution in [-0.4, -0.2) is 53.7 Å². The van der Waals surface area contributed by atoms with E-state index in [0.29, 0.717) is 11.5 Å². The number of ether oxygens (including phenoxy) is 1. The predicted octanol–water partition coefficient (Wildman–Crippen LogP) is 0.339. The van der Waals surface area contributed by atoms with Gasteiger partial charge < -0.3 is 15.4 Å². The molecule has 1 amide bonds. The minimum absolute atomic E-state index is 0.0475. The molecule has 1 saturated heterocycles. The average Bonchev–Trinajstić information content (AvgIpc) is 2.57. The highest BCUT2D eigenvalue weighted by Gasteiger charge is 2.23. The molecule has 0 aromatic heterocycles. The molecule has 0 saturated carbocycles. The van der Waals surface area contributed by atoms with Crippen LogP contribution in [0.25, 0.3) is 0 Å². The highest BCUT2D eigenvalue weighted by molar-refractivity contribution is 7.89. The molecule has 2 atom stereocenters. The zero-order valence-corrected chi connectivity index (χ0v) is 14.9. The third-order valence-electron chi connectivity index (χ3n) is 4.15. The Labute approximate surface area is 143 Å². The highest BCUT2D eigenvalue weighted by atomic mass is 32.2. The summed E-state index contributed by atoms with van der Waals surface area (Å²) in [6.45, 7) is 4.25. The number of benzene rings is 1. The van der Waals surface area contributed by atoms with Gasteiger partial charge in [-0.2, -0.15) is 0 Å². The maximum Gasteiger partial charge on any atom is 0.251 e. The van der Waals surface area contributed by atoms with Crippen molar-refractivity contribution in [2.75, 3.05) is 33.4 Å². The van der Waals surface area contributed by atoms with E-state index >= 15 is 0 Å². The van der Waals surface area contributed by atoms with Crippen LogP contribution in [0.1, 0.15) is 23.7 Å². The second-order valence-corrected chi connectivity index (χ2v) is 7.74. The van der Waals surface area contributed by atoms with E-state index < -0.39 is 10.0 Å². The smallest absolute Gasteiger partial charge is 0.251 e. The molecule has 1 aromatic carbocycles. The van der Waals surface area contributed by atoms with E-state index in [2.05, 4.69) is 22.3 Å². The number of carbonyl (C=O) groups is 1. The van der Waals surface area contributed by atoms with Crippen LogP contribution in [0.2, 0.25) is 0 Å². The standard InChI is InChI=1S/C16H25N3O4S/c1-12-6-7-17-11-15(12)19-16(20)13-4-3-5-14(10-13)24(21,22)18-8-9-23-2/h3-5,10,12,15,17-18H,6-9,11H2,1-2H3,(H,19,20). The topological polar surface area (TPSA) is 96.5 Å². The first-order valence-electron chi connectivity index (χ1n) is 8.04. The number of methoxy groups -OCH3 is 1. The van der Waals surface area contributed by atoms with Crippen LogP contribution in [0.3, 0.4) is 0 Å². The Morgan fingerprint density at radius 3 is 2.92 bits per heavy atom. The summed E-state index contributed by atoms with van der Waals surface area (Å²) in [5.74, 6) is 0.127. The second kappa shape index (κ2) is 8.57. The third kappa shape index (κ3) is 5.01. The first-order valence-corrected chi connectivity index (χ1v) is 9.52. The Morgan fingerprint density at radius 1 is 1.42 bits per heavy atom. The summed E-state index contributed by atoms with van der Waals surface area (Å²) in [5, 5.41) is 6.23. The number of piperidine rings is 1. The van der Waals surface area contributed by atoms with Crippen molar-refractivity contribution in [2.24, 2.45) is 5.92 Å². The van der Waals surface area contributed by atoms with Gasteiger partial charge in [-0.3, -0.25) is 4.79 Å². The van der Waals surface area contributed by atoms with E-state index in [-0.39, 0.29) is 30.0 Å². The number of hydrogen-bond acceptors (Lipinski definition) is 5. The van der Waals surface area contributed by atoms with Crippen molar-refractivity contribution >= 4 is 15.9 Å². The third-order valence-corrected chi connectivity index (χ3v) is 5.61. The van der Waals surface area contributed by atoms with Gasteiger partial charge in [0.25, 0.3) is 5.91 Å². The molecule has 7 nitrogen and oxygen atoms in total. The number of hydrogen-bond donors (Lipinski definition) is 3. The zero-order valence-electron chi connectivity index (χ0n) is 14.0. The first-order chi connectivity index (χ1) is 11.4. The molecular weight excluding hydrogens is 330 g/mol. The summed E-state index contributed by atoms with van der Waals surface area (Å²) in [7, 11) is -2.15. The molecule has 0 radical (unpaired) electrons. The van der Waals surface area contributed by atoms with Gasteiger partial charge >= 0.3 is 0 Å². The lowest BCUT2D eigenvalue weighted by atomic mass is 9.94. The number of nitrogens with one attached hydrogen (secondary N) is 3. The summed E-state index contributed by atoms with van der Waals surface area (Å²) in [6, 6.07) is 6.10. The van der Waals surface area contributed by atoms with Crippen LogP contribution in [0.4, 0.5) is 0 Å². The molecule has 1 heterocycles. The van der Waals surface area contributed by atoms with Crippen molar-refractivity contribution in [1.29, 1.82) is 0 Å². The van der Waals surface area contributed by atoms with Gasteiger partial charge in [-0.1, -0.05) is 13.0 Å². The van der Waals surface area contributed by atoms with Crippen LogP contribution in [0.15, 0.2) is 29.2 Å². The Kier molecular flexibility index (Phi) is 6.73. The van der Waals surface area contributed by atoms with Gasteiger partial charge in [0.1, 0.15) is 0 Å². The number of sulfonamides is 1. The monoisotopic (exact) mass is 355 g/mol. The quantitative estimate of drug-likeness (QED) is 0.613. The Bertz CT molecular complexity index is 663. The fourth-order valence-corrected chi connectivity index (χ4v) is 3.66. The average molecular weight is 355 g/mol. The second-order valence-electron chi connectivity index (χ2n) is 5.97. The summed E-state index contributed by atoms with van der Waals surface area (Å²) in [4.78, 5) is 12.5. The Morgan fingerprint density at radius 2 is 2.21 bits per heavy atom. The maximum atomic E-state index is 12.4. The minimum atomic E-state index is -3.65. The van der Waals surface area contributed by atoms with E-state index in [1.165, 1.54) is 19.2 Å². The van der Waals surface area contributed by atoms with Gasteiger partial charge in [0, 0.05) is 31.8 Å². The van der Waals surface area contributed by atoms with Gasteiger partial charge in [0.2, 0.25) is 10.0 Å². The molecule has 0 bridgehead atoms. The lowest BCUT2D eigenvalue weighted by Gasteiger charge is -2.30. The SMILES string of the molecule is COCCNS(=O)(=O)c1cccc(C(=O)NC2CNCCC2C)c1. The van der Waals surface area contributed by atoms with Crippen molar-refractivity contribution < 1.29 is 17.9 Å². The van der Waals surface area contributed by atoms with Gasteiger partial charge in [-0.05, 0) is 37.1 Å². The maximum absolute atomic E-state index is 12.4. The molecule has 0 spiro atoms. The van der Waals surface area contributed by atoms with Gasteiger partial charge in [0.15, 0.2) is 0 Å². The molecule has 2 rings (SSSR count). The Hall–Kier alpha value is -1.48. The summed E-state index contributed by atoms with van der Waals surface area (Å²) < 4.78 is 31.7. The molecule has 134 valence electrons. The molecule has 0 aliphatic carbocycles. The van der Waals surface area contributed by atoms with Crippen LogP contribution < -0.4 is 15.4 Å². The number of carbonyl (C=O) groups excluding carboxylic acids is 1. The number of rotatable bonds is 7. The largest absolute Gasteiger partial charge is 0.383 e. The summed E-state index contributed by atoms with van der Waals surface area (Å²) in [6.07, 6.45) is 1.00. The normalized spacial score (nSPS) is 21.4. The molecule has 1 aromatic rings. The molecule has 1 fully saturated rings. The van der Waals surface area contributed by atoms with Crippen LogP contribution >= 0.6 is 0 Å². The number of amides is 1. The van der Waals surface area contributed by atoms with Crippen molar-refractivity contribution in [2.45, 2.75) is 24.3 Å². The van der Waals surface area contributed by atoms with Crippen molar-refractivity contribution in [3.63, 3.8) is 0 Å². The zero-order chi connectivity index (χ0) is 17.6. The van der Waals surface area contributed by atoms with Gasteiger partial charge in [-0.15, -0.1) is 0 Å². The van der Waals surface area contributed by atoms with E-state index in [1.54, 1.807) is 12.1 Å². The molecule has 1 aliphatic rings. The van der Waals surface area contributed by atoms with Crippen LogP contribution in [0, 0.1) is 5.92 Å². The van der Waals surface area contributed by atoms with E-state index in [1.807, 2.05) is 0 Å². The fraction of sp³-hybridized carbons (Fsp3) is 0.562. The van der Waals surface area contributed by atoms with Crippen LogP contribution in [0.5, 0.6) is 0 Å². The fourth-order valence-electron chi connectivity index (χ4n) is 2.60. The molecule has 24 heavy (non-hydrogen) atoms. The van der Waals surface area contributed by atoms with Crippen molar-refractivity contribution in [1.82, 2.24) is 15.4 Å². The molecule has 1 aliphatic heterocycles. The lowest BCUT2D eigenvalue weighted by molar-refractivity contribution is 0.0915. The predicted molar refractivity (Wildman–Crippen MR) is 91.4 cm³/mol. The van der Waals surface area contributed by atoms with E-state index in [4.69, 9.17) is 4.74 Å². The van der Waals surface area contributed by atoms with Gasteiger partial charge in [-0.25, -0.2) is 13.1 Å². The van der Waals surface area contributed by atoms with E-state index in [0.717, 1.165) is 19.5 Å². The van der Waals surface area contributed by atoms with Crippen LogP contribution in [-0.2, 0) is 14.8 Å². The minimum Gasteiger partial charge on any atom is -0.383 e. The first kappa shape index (κ1) is 18.9. The summed E-state index contributed by atoms with van der Waals surface area (Å²) in [5.41, 5.74) is 0.336. The highest BCUT2D eigenvalue weighted by Crippen LogP contribution is 2.14.